The first-order valence-electron chi connectivity index (χ1n) is 8.06. The maximum Gasteiger partial charge on any atom is 0.447 e. The van der Waals surface area contributed by atoms with Gasteiger partial charge in [0.05, 0.1) is 17.1 Å². The minimum Gasteiger partial charge on any atom is -0.363 e. The molecule has 0 bridgehead atoms. The van der Waals surface area contributed by atoms with Gasteiger partial charge >= 0.3 is 5.51 Å². The van der Waals surface area contributed by atoms with Crippen LogP contribution in [0.4, 0.5) is 23.4 Å². The van der Waals surface area contributed by atoms with E-state index in [-0.39, 0.29) is 22.4 Å². The van der Waals surface area contributed by atoms with Gasteiger partial charge in [-0.2, -0.15) is 13.2 Å². The number of rotatable bonds is 3. The van der Waals surface area contributed by atoms with E-state index in [1.54, 1.807) is 13.0 Å². The highest BCUT2D eigenvalue weighted by atomic mass is 32.2. The van der Waals surface area contributed by atoms with E-state index in [0.717, 1.165) is 6.54 Å². The van der Waals surface area contributed by atoms with E-state index in [9.17, 15) is 17.6 Å². The standard InChI is InChI=1S/C17H18F4N4S/c1-3-4-11-9-14-15(23-13-5-7-24(2)10-12(13)18)22-6-8-25(14)16(11)26-17(19,20)21/h6,8-9,12-13H,5,7,10H2,1-2H3,(H,22,23)/t12-,13+/m0/s1. The first kappa shape index (κ1) is 18.9. The van der Waals surface area contributed by atoms with Crippen molar-refractivity contribution in [2.75, 3.05) is 25.5 Å². The molecule has 2 aromatic heterocycles. The first-order valence-corrected chi connectivity index (χ1v) is 8.88. The molecule has 1 aliphatic rings. The first-order chi connectivity index (χ1) is 12.3. The molecule has 0 aliphatic carbocycles. The molecule has 0 aromatic carbocycles. The Labute approximate surface area is 153 Å². The van der Waals surface area contributed by atoms with Crippen molar-refractivity contribution < 1.29 is 17.6 Å². The molecule has 140 valence electrons. The van der Waals surface area contributed by atoms with Crippen LogP contribution in [0.25, 0.3) is 5.52 Å². The molecule has 3 rings (SSSR count). The predicted octanol–water partition coefficient (Wildman–Crippen LogP) is 3.77. The largest absolute Gasteiger partial charge is 0.447 e. The topological polar surface area (TPSA) is 32.6 Å². The van der Waals surface area contributed by atoms with Crippen LogP contribution in [0.15, 0.2) is 23.5 Å². The van der Waals surface area contributed by atoms with Crippen LogP contribution in [-0.2, 0) is 0 Å². The summed E-state index contributed by atoms with van der Waals surface area (Å²) in [5, 5.41) is 3.05. The van der Waals surface area contributed by atoms with Gasteiger partial charge in [0.1, 0.15) is 11.2 Å². The molecular formula is C17H18F4N4S. The number of piperidine rings is 1. The average molecular weight is 386 g/mol. The molecule has 0 amide bonds. The van der Waals surface area contributed by atoms with Crippen LogP contribution in [0.3, 0.4) is 0 Å². The van der Waals surface area contributed by atoms with Crippen molar-refractivity contribution in [3.63, 3.8) is 0 Å². The van der Waals surface area contributed by atoms with Gasteiger partial charge < -0.3 is 14.6 Å². The SMILES string of the molecule is CC#Cc1cc2c(N[C@@H]3CCN(C)C[C@@H]3F)nccn2c1SC(F)(F)F. The number of thioether (sulfide) groups is 1. The molecule has 4 nitrogen and oxygen atoms in total. The smallest absolute Gasteiger partial charge is 0.363 e. The van der Waals surface area contributed by atoms with Gasteiger partial charge in [0.25, 0.3) is 0 Å². The fraction of sp³-hybridized carbons (Fsp3) is 0.471. The molecule has 1 N–H and O–H groups in total. The normalized spacial score (nSPS) is 21.5. The van der Waals surface area contributed by atoms with Crippen LogP contribution in [0, 0.1) is 11.8 Å². The number of fused-ring (bicyclic) bond motifs is 1. The molecule has 3 heterocycles. The van der Waals surface area contributed by atoms with E-state index >= 15 is 0 Å². The zero-order chi connectivity index (χ0) is 18.9. The molecule has 0 saturated carbocycles. The zero-order valence-electron chi connectivity index (χ0n) is 14.3. The number of nitrogens with zero attached hydrogens (tertiary/aromatic N) is 3. The van der Waals surface area contributed by atoms with E-state index in [1.807, 2.05) is 11.9 Å². The number of halogens is 4. The van der Waals surface area contributed by atoms with Gasteiger partial charge in [-0.1, -0.05) is 5.92 Å². The maximum absolute atomic E-state index is 14.3. The van der Waals surface area contributed by atoms with Crippen molar-refractivity contribution in [2.24, 2.45) is 0 Å². The zero-order valence-corrected chi connectivity index (χ0v) is 15.1. The van der Waals surface area contributed by atoms with Crippen LogP contribution < -0.4 is 5.32 Å². The maximum atomic E-state index is 14.3. The second-order valence-electron chi connectivity index (χ2n) is 6.13. The van der Waals surface area contributed by atoms with E-state index < -0.39 is 17.7 Å². The third-order valence-corrected chi connectivity index (χ3v) is 5.03. The van der Waals surface area contributed by atoms with E-state index in [2.05, 4.69) is 22.1 Å². The lowest BCUT2D eigenvalue weighted by Crippen LogP contribution is -2.46. The van der Waals surface area contributed by atoms with Gasteiger partial charge in [-0.25, -0.2) is 9.37 Å². The molecular weight excluding hydrogens is 368 g/mol. The van der Waals surface area contributed by atoms with E-state index in [0.29, 0.717) is 24.3 Å². The van der Waals surface area contributed by atoms with Gasteiger partial charge in [-0.15, -0.1) is 5.92 Å². The highest BCUT2D eigenvalue weighted by Gasteiger charge is 2.33. The van der Waals surface area contributed by atoms with Gasteiger partial charge in [0.15, 0.2) is 5.82 Å². The Morgan fingerprint density at radius 3 is 2.81 bits per heavy atom. The lowest BCUT2D eigenvalue weighted by atomic mass is 10.0. The molecule has 2 aromatic rings. The number of aromatic nitrogens is 2. The second kappa shape index (κ2) is 7.37. The summed E-state index contributed by atoms with van der Waals surface area (Å²) in [5.41, 5.74) is -3.72. The predicted molar refractivity (Wildman–Crippen MR) is 94.1 cm³/mol. The van der Waals surface area contributed by atoms with Crippen molar-refractivity contribution in [1.29, 1.82) is 0 Å². The second-order valence-corrected chi connectivity index (χ2v) is 7.19. The molecule has 9 heteroatoms. The Balaban J connectivity index is 1.99. The fourth-order valence-electron chi connectivity index (χ4n) is 3.02. The summed E-state index contributed by atoms with van der Waals surface area (Å²) in [5.74, 6) is 5.70. The third-order valence-electron chi connectivity index (χ3n) is 4.19. The van der Waals surface area contributed by atoms with Crippen LogP contribution in [0.1, 0.15) is 18.9 Å². The highest BCUT2D eigenvalue weighted by molar-refractivity contribution is 8.00. The van der Waals surface area contributed by atoms with Crippen LogP contribution >= 0.6 is 11.8 Å². The van der Waals surface area contributed by atoms with Crippen molar-refractivity contribution in [1.82, 2.24) is 14.3 Å². The summed E-state index contributed by atoms with van der Waals surface area (Å²) in [6.45, 7) is 2.61. The molecule has 0 radical (unpaired) electrons. The van der Waals surface area contributed by atoms with Gasteiger partial charge in [0.2, 0.25) is 0 Å². The number of hydrogen-bond donors (Lipinski definition) is 1. The van der Waals surface area contributed by atoms with Crippen molar-refractivity contribution >= 4 is 23.1 Å². The Morgan fingerprint density at radius 2 is 2.15 bits per heavy atom. The summed E-state index contributed by atoms with van der Waals surface area (Å²) in [6.07, 6.45) is 2.37. The number of likely N-dealkylation sites (tertiary alicyclic amines) is 1. The van der Waals surface area contributed by atoms with Crippen molar-refractivity contribution in [2.45, 2.75) is 36.1 Å². The Bertz CT molecular complexity index is 852. The Hall–Kier alpha value is -1.92. The van der Waals surface area contributed by atoms with Crippen LogP contribution in [0.2, 0.25) is 0 Å². The molecule has 26 heavy (non-hydrogen) atoms. The van der Waals surface area contributed by atoms with Gasteiger partial charge in [0, 0.05) is 37.2 Å². The van der Waals surface area contributed by atoms with Crippen molar-refractivity contribution in [3.8, 4) is 11.8 Å². The third kappa shape index (κ3) is 4.07. The average Bonchev–Trinajstić information content (AvgIpc) is 2.88. The molecule has 0 unspecified atom stereocenters. The van der Waals surface area contributed by atoms with Crippen LogP contribution in [-0.4, -0.2) is 52.1 Å². The molecule has 1 saturated heterocycles. The quantitative estimate of drug-likeness (QED) is 0.495. The monoisotopic (exact) mass is 386 g/mol. The highest BCUT2D eigenvalue weighted by Crippen LogP contribution is 2.40. The summed E-state index contributed by atoms with van der Waals surface area (Å²) < 4.78 is 54.5. The summed E-state index contributed by atoms with van der Waals surface area (Å²) in [4.78, 5) is 6.12. The van der Waals surface area contributed by atoms with E-state index in [4.69, 9.17) is 0 Å². The minimum atomic E-state index is -4.44. The Morgan fingerprint density at radius 1 is 1.38 bits per heavy atom. The summed E-state index contributed by atoms with van der Waals surface area (Å²) in [7, 11) is 1.85. The van der Waals surface area contributed by atoms with Gasteiger partial charge in [-0.05, 0) is 26.5 Å². The Kier molecular flexibility index (Phi) is 5.34. The summed E-state index contributed by atoms with van der Waals surface area (Å²) in [6, 6.07) is 1.13. The fourth-order valence-corrected chi connectivity index (χ4v) is 3.72. The number of nitrogens with one attached hydrogen (secondary N) is 1. The van der Waals surface area contributed by atoms with Crippen LogP contribution in [0.5, 0.6) is 0 Å². The van der Waals surface area contributed by atoms with E-state index in [1.165, 1.54) is 16.8 Å². The number of hydrogen-bond acceptors (Lipinski definition) is 4. The number of alkyl halides is 4. The molecule has 1 fully saturated rings. The number of anilines is 1. The molecule has 0 spiro atoms. The van der Waals surface area contributed by atoms with Crippen molar-refractivity contribution in [3.05, 3.63) is 24.0 Å². The van der Waals surface area contributed by atoms with Gasteiger partial charge in [-0.3, -0.25) is 0 Å². The lowest BCUT2D eigenvalue weighted by molar-refractivity contribution is -0.0329. The minimum absolute atomic E-state index is 0.0209. The summed E-state index contributed by atoms with van der Waals surface area (Å²) >= 11 is -0.217. The lowest BCUT2D eigenvalue weighted by Gasteiger charge is -2.33. The molecule has 1 aliphatic heterocycles. The molecule has 2 atom stereocenters.